The third kappa shape index (κ3) is 6.19. The lowest BCUT2D eigenvalue weighted by atomic mass is 9.98. The summed E-state index contributed by atoms with van der Waals surface area (Å²) in [6.07, 6.45) is 8.32. The minimum Gasteiger partial charge on any atom is -0.378 e. The van der Waals surface area contributed by atoms with Gasteiger partial charge in [0.05, 0.1) is 6.10 Å². The highest BCUT2D eigenvalue weighted by Crippen LogP contribution is 2.20. The first-order chi connectivity index (χ1) is 10.3. The lowest BCUT2D eigenvalue weighted by Crippen LogP contribution is -2.20. The number of ether oxygens (including phenoxy) is 1. The van der Waals surface area contributed by atoms with E-state index >= 15 is 0 Å². The van der Waals surface area contributed by atoms with Crippen molar-refractivity contribution in [1.82, 2.24) is 5.32 Å². The highest BCUT2D eigenvalue weighted by Gasteiger charge is 2.12. The lowest BCUT2D eigenvalue weighted by molar-refractivity contribution is 0.0273. The first kappa shape index (κ1) is 16.5. The maximum Gasteiger partial charge on any atom is 0.0575 e. The van der Waals surface area contributed by atoms with Crippen molar-refractivity contribution >= 4 is 0 Å². The first-order valence-corrected chi connectivity index (χ1v) is 8.67. The maximum atomic E-state index is 5.94. The summed E-state index contributed by atoms with van der Waals surface area (Å²) in [5, 5.41) is 3.51. The second-order valence-electron chi connectivity index (χ2n) is 6.56. The Labute approximate surface area is 130 Å². The summed E-state index contributed by atoms with van der Waals surface area (Å²) in [6, 6.07) is 8.96. The molecule has 0 aliphatic heterocycles. The molecule has 1 aliphatic rings. The normalized spacial score (nSPS) is 16.5. The van der Waals surface area contributed by atoms with Gasteiger partial charge < -0.3 is 10.1 Å². The number of hydrogen-bond donors (Lipinski definition) is 1. The fraction of sp³-hybridized carbons (Fsp3) is 0.684. The Kier molecular flexibility index (Phi) is 7.25. The van der Waals surface area contributed by atoms with Crippen LogP contribution in [0.3, 0.4) is 0 Å². The van der Waals surface area contributed by atoms with Crippen LogP contribution in [0, 0.1) is 0 Å². The number of hydrogen-bond acceptors (Lipinski definition) is 2. The highest BCUT2D eigenvalue weighted by atomic mass is 16.5. The van der Waals surface area contributed by atoms with Gasteiger partial charge in [0.2, 0.25) is 0 Å². The lowest BCUT2D eigenvalue weighted by Gasteiger charge is -2.21. The van der Waals surface area contributed by atoms with Crippen LogP contribution in [0.5, 0.6) is 0 Å². The molecule has 118 valence electrons. The summed E-state index contributed by atoms with van der Waals surface area (Å²) in [6.45, 7) is 7.38. The summed E-state index contributed by atoms with van der Waals surface area (Å²) in [7, 11) is 0. The number of rotatable bonds is 8. The molecule has 0 bridgehead atoms. The molecule has 0 aromatic heterocycles. The summed E-state index contributed by atoms with van der Waals surface area (Å²) in [5.41, 5.74) is 2.78. The third-order valence-corrected chi connectivity index (χ3v) is 4.38. The molecule has 1 fully saturated rings. The van der Waals surface area contributed by atoms with Crippen LogP contribution in [-0.2, 0) is 11.3 Å². The second kappa shape index (κ2) is 9.22. The summed E-state index contributed by atoms with van der Waals surface area (Å²) in [5.74, 6) is 0.615. The molecule has 1 N–H and O–H groups in total. The molecule has 0 heterocycles. The van der Waals surface area contributed by atoms with Gasteiger partial charge in [0, 0.05) is 13.2 Å². The Morgan fingerprint density at radius 1 is 1.10 bits per heavy atom. The van der Waals surface area contributed by atoms with Gasteiger partial charge in [-0.15, -0.1) is 0 Å². The van der Waals surface area contributed by atoms with Gasteiger partial charge in [-0.2, -0.15) is 0 Å². The molecular weight excluding hydrogens is 258 g/mol. The predicted octanol–water partition coefficient (Wildman–Crippen LogP) is 4.64. The van der Waals surface area contributed by atoms with Gasteiger partial charge in [-0.25, -0.2) is 0 Å². The maximum absolute atomic E-state index is 5.94. The van der Waals surface area contributed by atoms with E-state index in [1.165, 1.54) is 43.2 Å². The molecule has 1 saturated carbocycles. The predicted molar refractivity (Wildman–Crippen MR) is 89.7 cm³/mol. The molecular formula is C19H31NO. The minimum atomic E-state index is 0.544. The van der Waals surface area contributed by atoms with Gasteiger partial charge in [-0.1, -0.05) is 57.4 Å². The van der Waals surface area contributed by atoms with E-state index < -0.39 is 0 Å². The van der Waals surface area contributed by atoms with Crippen molar-refractivity contribution in [3.63, 3.8) is 0 Å². The average molecular weight is 289 g/mol. The Bertz CT molecular complexity index is 379. The molecule has 1 aliphatic carbocycles. The number of benzene rings is 1. The minimum absolute atomic E-state index is 0.544. The summed E-state index contributed by atoms with van der Waals surface area (Å²) >= 11 is 0. The summed E-state index contributed by atoms with van der Waals surface area (Å²) < 4.78 is 5.94. The quantitative estimate of drug-likeness (QED) is 0.704. The molecule has 2 nitrogen and oxygen atoms in total. The number of nitrogens with one attached hydrogen (secondary N) is 1. The molecule has 1 aromatic rings. The van der Waals surface area contributed by atoms with Crippen LogP contribution in [0.2, 0.25) is 0 Å². The van der Waals surface area contributed by atoms with E-state index in [0.717, 1.165) is 26.1 Å². The summed E-state index contributed by atoms with van der Waals surface area (Å²) in [4.78, 5) is 0. The Morgan fingerprint density at radius 3 is 2.48 bits per heavy atom. The van der Waals surface area contributed by atoms with E-state index in [0.29, 0.717) is 12.0 Å². The molecule has 0 unspecified atom stereocenters. The van der Waals surface area contributed by atoms with E-state index in [-0.39, 0.29) is 0 Å². The monoisotopic (exact) mass is 289 g/mol. The van der Waals surface area contributed by atoms with Crippen molar-refractivity contribution < 1.29 is 4.74 Å². The van der Waals surface area contributed by atoms with Gasteiger partial charge in [0.15, 0.2) is 0 Å². The van der Waals surface area contributed by atoms with Crippen LogP contribution < -0.4 is 5.32 Å². The van der Waals surface area contributed by atoms with Gasteiger partial charge in [-0.3, -0.25) is 0 Å². The standard InChI is InChI=1S/C19H31NO/c1-16(2)18-11-9-17(10-12-18)15-20-13-6-14-21-19-7-4-3-5-8-19/h9-12,16,19-20H,3-8,13-15H2,1-2H3. The molecule has 0 atom stereocenters. The van der Waals surface area contributed by atoms with Crippen molar-refractivity contribution in [2.24, 2.45) is 0 Å². The Balaban J connectivity index is 1.53. The topological polar surface area (TPSA) is 21.3 Å². The van der Waals surface area contributed by atoms with E-state index in [4.69, 9.17) is 4.74 Å². The van der Waals surface area contributed by atoms with E-state index in [2.05, 4.69) is 43.4 Å². The van der Waals surface area contributed by atoms with Crippen molar-refractivity contribution in [2.75, 3.05) is 13.2 Å². The van der Waals surface area contributed by atoms with Gasteiger partial charge in [-0.05, 0) is 42.9 Å². The molecule has 1 aromatic carbocycles. The largest absolute Gasteiger partial charge is 0.378 e. The van der Waals surface area contributed by atoms with Crippen LogP contribution >= 0.6 is 0 Å². The van der Waals surface area contributed by atoms with Crippen molar-refractivity contribution in [3.05, 3.63) is 35.4 Å². The van der Waals surface area contributed by atoms with Gasteiger partial charge >= 0.3 is 0 Å². The Hall–Kier alpha value is -0.860. The molecule has 0 radical (unpaired) electrons. The molecule has 0 amide bonds. The van der Waals surface area contributed by atoms with Crippen LogP contribution in [-0.4, -0.2) is 19.3 Å². The van der Waals surface area contributed by atoms with Gasteiger partial charge in [0.1, 0.15) is 0 Å². The van der Waals surface area contributed by atoms with E-state index in [1.54, 1.807) is 0 Å². The third-order valence-electron chi connectivity index (χ3n) is 4.38. The fourth-order valence-electron chi connectivity index (χ4n) is 2.93. The molecule has 0 saturated heterocycles. The smallest absolute Gasteiger partial charge is 0.0575 e. The SMILES string of the molecule is CC(C)c1ccc(CNCCCOC2CCCCC2)cc1. The molecule has 2 rings (SSSR count). The zero-order valence-electron chi connectivity index (χ0n) is 13.7. The highest BCUT2D eigenvalue weighted by molar-refractivity contribution is 5.24. The van der Waals surface area contributed by atoms with Crippen molar-refractivity contribution in [2.45, 2.75) is 70.9 Å². The van der Waals surface area contributed by atoms with Crippen LogP contribution in [0.25, 0.3) is 0 Å². The first-order valence-electron chi connectivity index (χ1n) is 8.67. The van der Waals surface area contributed by atoms with E-state index in [9.17, 15) is 0 Å². The molecule has 21 heavy (non-hydrogen) atoms. The zero-order chi connectivity index (χ0) is 14.9. The van der Waals surface area contributed by atoms with E-state index in [1.807, 2.05) is 0 Å². The Morgan fingerprint density at radius 2 is 1.81 bits per heavy atom. The second-order valence-corrected chi connectivity index (χ2v) is 6.56. The van der Waals surface area contributed by atoms with Crippen LogP contribution in [0.15, 0.2) is 24.3 Å². The average Bonchev–Trinajstić information content (AvgIpc) is 2.52. The van der Waals surface area contributed by atoms with Crippen LogP contribution in [0.1, 0.15) is 69.4 Å². The zero-order valence-corrected chi connectivity index (χ0v) is 13.7. The fourth-order valence-corrected chi connectivity index (χ4v) is 2.93. The molecule has 0 spiro atoms. The van der Waals surface area contributed by atoms with Crippen LogP contribution in [0.4, 0.5) is 0 Å². The van der Waals surface area contributed by atoms with Gasteiger partial charge in [0.25, 0.3) is 0 Å². The molecule has 2 heteroatoms. The van der Waals surface area contributed by atoms with Crippen molar-refractivity contribution in [1.29, 1.82) is 0 Å². The van der Waals surface area contributed by atoms with Crippen molar-refractivity contribution in [3.8, 4) is 0 Å².